The van der Waals surface area contributed by atoms with Crippen molar-refractivity contribution >= 4 is 17.3 Å². The molecule has 2 fully saturated rings. The average Bonchev–Trinajstić information content (AvgIpc) is 3.00. The van der Waals surface area contributed by atoms with E-state index in [0.717, 1.165) is 30.6 Å². The molecular formula is C16H22N2O2. The van der Waals surface area contributed by atoms with Gasteiger partial charge in [-0.15, -0.1) is 0 Å². The van der Waals surface area contributed by atoms with Gasteiger partial charge in [-0.1, -0.05) is 6.42 Å². The zero-order chi connectivity index (χ0) is 14.1. The average molecular weight is 274 g/mol. The summed E-state index contributed by atoms with van der Waals surface area (Å²) in [5, 5.41) is 0. The van der Waals surface area contributed by atoms with Crippen LogP contribution in [0, 0.1) is 11.8 Å². The molecule has 2 atom stereocenters. The number of anilines is 2. The van der Waals surface area contributed by atoms with Crippen LogP contribution in [0.1, 0.15) is 36.5 Å². The third kappa shape index (κ3) is 2.35. The van der Waals surface area contributed by atoms with Crippen LogP contribution < -0.4 is 10.6 Å². The molecular weight excluding hydrogens is 252 g/mol. The fourth-order valence-corrected chi connectivity index (χ4v) is 3.57. The number of hydrogen-bond donors (Lipinski definition) is 1. The van der Waals surface area contributed by atoms with E-state index in [1.807, 2.05) is 18.2 Å². The first-order valence-corrected chi connectivity index (χ1v) is 7.50. The number of fused-ring (bicyclic) bond motifs is 1. The number of rotatable bonds is 3. The monoisotopic (exact) mass is 274 g/mol. The fraction of sp³-hybridized carbons (Fsp3) is 0.562. The van der Waals surface area contributed by atoms with Crippen molar-refractivity contribution in [3.8, 4) is 0 Å². The van der Waals surface area contributed by atoms with Gasteiger partial charge >= 0.3 is 5.97 Å². The van der Waals surface area contributed by atoms with Crippen LogP contribution in [0.2, 0.25) is 0 Å². The lowest BCUT2D eigenvalue weighted by Crippen LogP contribution is -2.21. The van der Waals surface area contributed by atoms with Gasteiger partial charge in [-0.25, -0.2) is 4.79 Å². The second kappa shape index (κ2) is 5.35. The minimum absolute atomic E-state index is 0.328. The van der Waals surface area contributed by atoms with Crippen LogP contribution >= 0.6 is 0 Å². The molecule has 20 heavy (non-hydrogen) atoms. The first-order valence-electron chi connectivity index (χ1n) is 7.50. The summed E-state index contributed by atoms with van der Waals surface area (Å²) in [6, 6.07) is 5.71. The molecule has 4 nitrogen and oxygen atoms in total. The number of nitrogens with two attached hydrogens (primary N) is 1. The van der Waals surface area contributed by atoms with Crippen molar-refractivity contribution in [1.29, 1.82) is 0 Å². The van der Waals surface area contributed by atoms with Crippen LogP contribution in [0.3, 0.4) is 0 Å². The van der Waals surface area contributed by atoms with E-state index in [1.54, 1.807) is 6.92 Å². The minimum Gasteiger partial charge on any atom is -0.462 e. The number of ether oxygens (including phenoxy) is 1. The molecule has 2 unspecified atom stereocenters. The smallest absolute Gasteiger partial charge is 0.340 e. The van der Waals surface area contributed by atoms with Crippen molar-refractivity contribution in [2.75, 3.05) is 30.3 Å². The highest BCUT2D eigenvalue weighted by Crippen LogP contribution is 2.39. The molecule has 108 valence electrons. The molecule has 2 N–H and O–H groups in total. The highest BCUT2D eigenvalue weighted by Gasteiger charge is 2.36. The van der Waals surface area contributed by atoms with Gasteiger partial charge in [0.05, 0.1) is 12.2 Å². The zero-order valence-electron chi connectivity index (χ0n) is 12.0. The van der Waals surface area contributed by atoms with Crippen LogP contribution in [0.5, 0.6) is 0 Å². The van der Waals surface area contributed by atoms with Gasteiger partial charge < -0.3 is 15.4 Å². The van der Waals surface area contributed by atoms with Gasteiger partial charge in [0.2, 0.25) is 0 Å². The lowest BCUT2D eigenvalue weighted by molar-refractivity contribution is 0.0527. The largest absolute Gasteiger partial charge is 0.462 e. The normalized spacial score (nSPS) is 24.8. The Balaban J connectivity index is 1.80. The molecule has 0 spiro atoms. The Kier molecular flexibility index (Phi) is 3.55. The van der Waals surface area contributed by atoms with Crippen molar-refractivity contribution in [1.82, 2.24) is 0 Å². The Morgan fingerprint density at radius 3 is 2.70 bits per heavy atom. The topological polar surface area (TPSA) is 55.6 Å². The lowest BCUT2D eigenvalue weighted by atomic mass is 10.0. The second-order valence-corrected chi connectivity index (χ2v) is 5.85. The van der Waals surface area contributed by atoms with Crippen LogP contribution in [0.4, 0.5) is 11.4 Å². The van der Waals surface area contributed by atoms with E-state index in [2.05, 4.69) is 4.90 Å². The van der Waals surface area contributed by atoms with Gasteiger partial charge in [0.1, 0.15) is 0 Å². The molecule has 1 aromatic carbocycles. The molecule has 0 amide bonds. The Morgan fingerprint density at radius 1 is 1.35 bits per heavy atom. The molecule has 1 saturated heterocycles. The van der Waals surface area contributed by atoms with E-state index in [4.69, 9.17) is 10.5 Å². The van der Waals surface area contributed by atoms with Crippen LogP contribution in [0.15, 0.2) is 18.2 Å². The number of carbonyl (C=O) groups excluding carboxylic acids is 1. The van der Waals surface area contributed by atoms with Crippen LogP contribution in [-0.4, -0.2) is 25.7 Å². The lowest BCUT2D eigenvalue weighted by Gasteiger charge is -2.20. The van der Waals surface area contributed by atoms with Crippen molar-refractivity contribution in [2.24, 2.45) is 11.8 Å². The maximum absolute atomic E-state index is 11.9. The molecule has 1 aromatic rings. The van der Waals surface area contributed by atoms with E-state index in [-0.39, 0.29) is 5.97 Å². The molecule has 4 heteroatoms. The van der Waals surface area contributed by atoms with Gasteiger partial charge in [0.25, 0.3) is 0 Å². The standard InChI is InChI=1S/C16H22N2O2/c1-2-20-16(19)14-8-13(6-7-15(14)17)18-9-11-4-3-5-12(11)10-18/h6-8,11-12H,2-5,9-10,17H2,1H3. The van der Waals surface area contributed by atoms with E-state index >= 15 is 0 Å². The van der Waals surface area contributed by atoms with E-state index < -0.39 is 0 Å². The molecule has 3 rings (SSSR count). The number of esters is 1. The van der Waals surface area contributed by atoms with Crippen molar-refractivity contribution < 1.29 is 9.53 Å². The summed E-state index contributed by atoms with van der Waals surface area (Å²) in [7, 11) is 0. The first kappa shape index (κ1) is 13.3. The van der Waals surface area contributed by atoms with Gasteiger partial charge in [-0.3, -0.25) is 0 Å². The molecule has 0 bridgehead atoms. The van der Waals surface area contributed by atoms with Gasteiger partial charge in [-0.2, -0.15) is 0 Å². The minimum atomic E-state index is -0.328. The third-order valence-corrected chi connectivity index (χ3v) is 4.62. The molecule has 0 aromatic heterocycles. The molecule has 1 aliphatic heterocycles. The van der Waals surface area contributed by atoms with Gasteiger partial charge in [0, 0.05) is 24.5 Å². The van der Waals surface area contributed by atoms with Crippen LogP contribution in [0.25, 0.3) is 0 Å². The second-order valence-electron chi connectivity index (χ2n) is 5.85. The summed E-state index contributed by atoms with van der Waals surface area (Å²) in [6.45, 7) is 4.39. The molecule has 1 aliphatic carbocycles. The molecule has 0 radical (unpaired) electrons. The summed E-state index contributed by atoms with van der Waals surface area (Å²) < 4.78 is 5.06. The maximum atomic E-state index is 11.9. The number of hydrogen-bond acceptors (Lipinski definition) is 4. The van der Waals surface area contributed by atoms with E-state index in [1.165, 1.54) is 19.3 Å². The molecule has 1 heterocycles. The predicted molar refractivity (Wildman–Crippen MR) is 79.9 cm³/mol. The summed E-state index contributed by atoms with van der Waals surface area (Å²) in [5.41, 5.74) is 7.97. The molecule has 1 saturated carbocycles. The fourth-order valence-electron chi connectivity index (χ4n) is 3.57. The van der Waals surface area contributed by atoms with E-state index in [0.29, 0.717) is 17.9 Å². The highest BCUT2D eigenvalue weighted by molar-refractivity contribution is 5.96. The summed E-state index contributed by atoms with van der Waals surface area (Å²) in [6.07, 6.45) is 4.07. The first-order chi connectivity index (χ1) is 9.69. The Morgan fingerprint density at radius 2 is 2.05 bits per heavy atom. The van der Waals surface area contributed by atoms with Gasteiger partial charge in [-0.05, 0) is 49.8 Å². The summed E-state index contributed by atoms with van der Waals surface area (Å²) >= 11 is 0. The Labute approximate surface area is 119 Å². The Bertz CT molecular complexity index is 503. The highest BCUT2D eigenvalue weighted by atomic mass is 16.5. The summed E-state index contributed by atoms with van der Waals surface area (Å²) in [4.78, 5) is 14.3. The third-order valence-electron chi connectivity index (χ3n) is 4.62. The van der Waals surface area contributed by atoms with Crippen molar-refractivity contribution in [2.45, 2.75) is 26.2 Å². The molecule has 2 aliphatic rings. The summed E-state index contributed by atoms with van der Waals surface area (Å²) in [5.74, 6) is 1.34. The zero-order valence-corrected chi connectivity index (χ0v) is 12.0. The number of carbonyl (C=O) groups is 1. The van der Waals surface area contributed by atoms with E-state index in [9.17, 15) is 4.79 Å². The number of nitrogens with zero attached hydrogens (tertiary/aromatic N) is 1. The maximum Gasteiger partial charge on any atom is 0.340 e. The van der Waals surface area contributed by atoms with Crippen molar-refractivity contribution in [3.63, 3.8) is 0 Å². The SMILES string of the molecule is CCOC(=O)c1cc(N2CC3CCCC3C2)ccc1N. The Hall–Kier alpha value is -1.71. The quantitative estimate of drug-likeness (QED) is 0.680. The predicted octanol–water partition coefficient (Wildman–Crippen LogP) is 2.68. The van der Waals surface area contributed by atoms with Crippen LogP contribution in [-0.2, 0) is 4.74 Å². The number of nitrogen functional groups attached to an aromatic ring is 1. The number of benzene rings is 1. The van der Waals surface area contributed by atoms with Gasteiger partial charge in [0.15, 0.2) is 0 Å². The van der Waals surface area contributed by atoms with Crippen molar-refractivity contribution in [3.05, 3.63) is 23.8 Å².